The van der Waals surface area contributed by atoms with Crippen LogP contribution in [-0.2, 0) is 6.42 Å². The third kappa shape index (κ3) is 3.51. The first-order valence-electron chi connectivity index (χ1n) is 14.8. The Bertz CT molecular complexity index is 2650. The van der Waals surface area contributed by atoms with Crippen molar-refractivity contribution in [1.29, 1.82) is 0 Å². The van der Waals surface area contributed by atoms with Gasteiger partial charge in [0, 0.05) is 0 Å². The van der Waals surface area contributed by atoms with Crippen LogP contribution in [0.3, 0.4) is 0 Å². The topological polar surface area (TPSA) is 51.6 Å². The molecule has 0 aliphatic heterocycles. The fourth-order valence-electron chi connectivity index (χ4n) is 6.88. The summed E-state index contributed by atoms with van der Waals surface area (Å²) in [4.78, 5) is 20.3. The zero-order valence-corrected chi connectivity index (χ0v) is 25.2. The van der Waals surface area contributed by atoms with Crippen molar-refractivity contribution in [3.05, 3.63) is 133 Å². The minimum Gasteiger partial charge on any atom is -0.0138 e. The first-order chi connectivity index (χ1) is 21.8. The number of nitrogens with zero attached hydrogens (tertiary/aromatic N) is 4. The molecule has 1 aliphatic rings. The van der Waals surface area contributed by atoms with E-state index in [-0.39, 0.29) is 0 Å². The molecule has 0 saturated heterocycles. The molecule has 5 heteroatoms. The molecule has 3 heterocycles. The van der Waals surface area contributed by atoms with E-state index in [1.54, 1.807) is 0 Å². The van der Waals surface area contributed by atoms with E-state index >= 15 is 0 Å². The average molecular weight is 626 g/mol. The summed E-state index contributed by atoms with van der Waals surface area (Å²) in [5.74, 6) is 1.42. The van der Waals surface area contributed by atoms with E-state index in [0.717, 1.165) is 50.1 Å². The Labute approximate surface area is 258 Å². The van der Waals surface area contributed by atoms with Crippen LogP contribution in [0.5, 0.6) is 0 Å². The van der Waals surface area contributed by atoms with Gasteiger partial charge in [0.2, 0.25) is 0 Å². The van der Waals surface area contributed by atoms with Gasteiger partial charge in [0.05, 0.1) is 0 Å². The van der Waals surface area contributed by atoms with Gasteiger partial charge in [-0.2, -0.15) is 0 Å². The van der Waals surface area contributed by atoms with Gasteiger partial charge in [-0.05, 0) is 28.7 Å². The second-order valence-electron chi connectivity index (χ2n) is 11.5. The molecule has 4 nitrogen and oxygen atoms in total. The Balaban J connectivity index is 1.20. The Morgan fingerprint density at radius 1 is 0.455 bits per heavy atom. The Morgan fingerprint density at radius 2 is 1.05 bits per heavy atom. The Kier molecular flexibility index (Phi) is 5.04. The van der Waals surface area contributed by atoms with Gasteiger partial charge in [0.15, 0.2) is 0 Å². The number of hydrogen-bond acceptors (Lipinski definition) is 4. The predicted octanol–water partition coefficient (Wildman–Crippen LogP) is 8.99. The van der Waals surface area contributed by atoms with E-state index in [1.165, 1.54) is 41.5 Å². The molecule has 44 heavy (non-hydrogen) atoms. The third-order valence-corrected chi connectivity index (χ3v) is 11.4. The van der Waals surface area contributed by atoms with Crippen LogP contribution in [0, 0.1) is 0 Å². The minimum atomic E-state index is 0.330. The molecule has 0 amide bonds. The monoisotopic (exact) mass is 626 g/mol. The van der Waals surface area contributed by atoms with Gasteiger partial charge in [0.1, 0.15) is 0 Å². The molecule has 0 unspecified atom stereocenters. The smallest absolute Gasteiger partial charge is 0.0138 e. The number of hydrogen-bond donors (Lipinski definition) is 0. The van der Waals surface area contributed by atoms with Gasteiger partial charge < -0.3 is 0 Å². The first-order valence-corrected chi connectivity index (χ1v) is 16.5. The second kappa shape index (κ2) is 9.14. The van der Waals surface area contributed by atoms with Gasteiger partial charge in [-0.15, -0.1) is 0 Å². The molecular weight excluding hydrogens is 603 g/mol. The second-order valence-corrected chi connectivity index (χ2v) is 13.7. The van der Waals surface area contributed by atoms with Crippen LogP contribution in [0.15, 0.2) is 122 Å². The van der Waals surface area contributed by atoms with Crippen molar-refractivity contribution < 1.29 is 0 Å². The van der Waals surface area contributed by atoms with Gasteiger partial charge in [-0.3, -0.25) is 0 Å². The minimum absolute atomic E-state index is 0.330. The molecule has 0 saturated carbocycles. The molecule has 0 spiro atoms. The quantitative estimate of drug-likeness (QED) is 0.142. The first kappa shape index (κ1) is 24.2. The van der Waals surface area contributed by atoms with E-state index in [4.69, 9.17) is 19.9 Å². The van der Waals surface area contributed by atoms with Crippen LogP contribution in [0.25, 0.3) is 85.8 Å². The molecule has 10 rings (SSSR count). The van der Waals surface area contributed by atoms with E-state index in [9.17, 15) is 0 Å². The van der Waals surface area contributed by atoms with E-state index in [2.05, 4.69) is 109 Å². The van der Waals surface area contributed by atoms with E-state index < -0.39 is 0 Å². The van der Waals surface area contributed by atoms with Crippen LogP contribution in [0.4, 0.5) is 0 Å². The fourth-order valence-corrected chi connectivity index (χ4v) is 9.16. The van der Waals surface area contributed by atoms with Crippen molar-refractivity contribution in [3.8, 4) is 33.9 Å². The standard InChI is InChI=1S/C39H22N4Se/c1-2-8-26-22(7-1)17-23-13-14-24(18-30(23)26)38-40-20-32-27-9-3-4-10-28(27)33-21-41-39(43-37(33)36(32)42-38)25-15-16-35-31(19-25)29-11-5-6-12-34(29)44-35/h1-16,18-21H,17H2. The Morgan fingerprint density at radius 3 is 1.82 bits per heavy atom. The SMILES string of the molecule is c1ccc2c(c1)Cc1ccc(-c3ncc4c5ccccc5c5cnc(-c6ccc7[se]c8ccccc8c7c6)nc5c4n3)cc1-2. The van der Waals surface area contributed by atoms with E-state index in [1.807, 2.05) is 12.4 Å². The summed E-state index contributed by atoms with van der Waals surface area (Å²) in [6.07, 6.45) is 4.91. The van der Waals surface area contributed by atoms with Gasteiger partial charge in [0.25, 0.3) is 0 Å². The van der Waals surface area contributed by atoms with Gasteiger partial charge >= 0.3 is 200 Å². The zero-order chi connectivity index (χ0) is 28.8. The van der Waals surface area contributed by atoms with Gasteiger partial charge in [-0.1, -0.05) is 30.3 Å². The number of benzene rings is 6. The maximum absolute atomic E-state index is 5.23. The van der Waals surface area contributed by atoms with E-state index in [0.29, 0.717) is 26.2 Å². The molecule has 1 aliphatic carbocycles. The maximum atomic E-state index is 5.23. The summed E-state index contributed by atoms with van der Waals surface area (Å²) in [5.41, 5.74) is 9.03. The van der Waals surface area contributed by atoms with Crippen molar-refractivity contribution in [3.63, 3.8) is 0 Å². The molecule has 204 valence electrons. The molecule has 0 fully saturated rings. The third-order valence-electron chi connectivity index (χ3n) is 9.00. The summed E-state index contributed by atoms with van der Waals surface area (Å²) in [6, 6.07) is 39.1. The van der Waals surface area contributed by atoms with Gasteiger partial charge in [-0.25, -0.2) is 0 Å². The predicted molar refractivity (Wildman–Crippen MR) is 181 cm³/mol. The fraction of sp³-hybridized carbons (Fsp3) is 0.0256. The van der Waals surface area contributed by atoms with Crippen LogP contribution in [-0.4, -0.2) is 34.4 Å². The normalized spacial score (nSPS) is 12.5. The summed E-state index contributed by atoms with van der Waals surface area (Å²) in [5, 5.41) is 6.84. The van der Waals surface area contributed by atoms with Crippen LogP contribution in [0.2, 0.25) is 0 Å². The summed E-state index contributed by atoms with van der Waals surface area (Å²) < 4.78 is 2.84. The zero-order valence-electron chi connectivity index (χ0n) is 23.5. The molecule has 0 N–H and O–H groups in total. The molecule has 6 aromatic carbocycles. The molecule has 0 radical (unpaired) electrons. The Hall–Kier alpha value is -5.22. The summed E-state index contributed by atoms with van der Waals surface area (Å²) in [6.45, 7) is 0. The van der Waals surface area contributed by atoms with Crippen molar-refractivity contribution in [2.75, 3.05) is 0 Å². The van der Waals surface area contributed by atoms with Crippen molar-refractivity contribution in [2.45, 2.75) is 6.42 Å². The molecule has 9 aromatic rings. The van der Waals surface area contributed by atoms with Crippen molar-refractivity contribution in [1.82, 2.24) is 19.9 Å². The van der Waals surface area contributed by atoms with Crippen LogP contribution < -0.4 is 0 Å². The molecule has 0 atom stereocenters. The molecular formula is C39H22N4Se. The summed E-state index contributed by atoms with van der Waals surface area (Å²) in [7, 11) is 0. The molecule has 0 bridgehead atoms. The van der Waals surface area contributed by atoms with Crippen molar-refractivity contribution in [2.24, 2.45) is 0 Å². The van der Waals surface area contributed by atoms with Crippen LogP contribution in [0.1, 0.15) is 11.1 Å². The summed E-state index contributed by atoms with van der Waals surface area (Å²) >= 11 is 0.330. The average Bonchev–Trinajstić information content (AvgIpc) is 3.65. The molecule has 3 aromatic heterocycles. The number of aromatic nitrogens is 4. The van der Waals surface area contributed by atoms with Crippen LogP contribution >= 0.6 is 0 Å². The van der Waals surface area contributed by atoms with Crippen molar-refractivity contribution >= 4 is 66.4 Å². The number of rotatable bonds is 2. The number of fused-ring (bicyclic) bond motifs is 12.